The molecule has 8 heteroatoms. The van der Waals surface area contributed by atoms with Crippen molar-refractivity contribution in [1.82, 2.24) is 9.71 Å². The molecule has 0 aromatic carbocycles. The maximum atomic E-state index is 14.0. The van der Waals surface area contributed by atoms with Gasteiger partial charge in [-0.15, -0.1) is 4.72 Å². The van der Waals surface area contributed by atoms with Crippen LogP contribution in [-0.4, -0.2) is 25.4 Å². The summed E-state index contributed by atoms with van der Waals surface area (Å²) < 4.78 is 28.3. The minimum atomic E-state index is -1.60. The Labute approximate surface area is 131 Å². The van der Waals surface area contributed by atoms with Crippen LogP contribution >= 0.6 is 11.6 Å². The number of hydrogen-bond acceptors (Lipinski definition) is 4. The van der Waals surface area contributed by atoms with Crippen molar-refractivity contribution in [2.75, 3.05) is 0 Å². The molecule has 1 heterocycles. The summed E-state index contributed by atoms with van der Waals surface area (Å²) >= 11 is 4.16. The number of aliphatic carboxylic acids is 1. The summed E-state index contributed by atoms with van der Waals surface area (Å²) in [6, 6.07) is 2.37. The number of hydrogen-bond donors (Lipinski definition) is 2. The molecule has 1 unspecified atom stereocenters. The van der Waals surface area contributed by atoms with E-state index < -0.39 is 39.9 Å². The van der Waals surface area contributed by atoms with E-state index in [1.165, 1.54) is 13.0 Å². The molecular formula is C13H18ClFN2O3S. The first kappa shape index (κ1) is 18.2. The maximum absolute atomic E-state index is 14.0. The average molecular weight is 337 g/mol. The largest absolute Gasteiger partial charge is 0.598 e. The zero-order valence-corrected chi connectivity index (χ0v) is 13.8. The lowest BCUT2D eigenvalue weighted by atomic mass is 9.94. The van der Waals surface area contributed by atoms with Gasteiger partial charge in [-0.05, 0) is 39.8 Å². The zero-order chi connectivity index (χ0) is 16.4. The summed E-state index contributed by atoms with van der Waals surface area (Å²) in [6.45, 7) is 6.60. The van der Waals surface area contributed by atoms with E-state index in [-0.39, 0.29) is 10.8 Å². The van der Waals surface area contributed by atoms with Gasteiger partial charge in [-0.1, -0.05) is 11.6 Å². The van der Waals surface area contributed by atoms with Crippen molar-refractivity contribution in [2.45, 2.75) is 44.4 Å². The molecule has 21 heavy (non-hydrogen) atoms. The number of pyridine rings is 1. The fraction of sp³-hybridized carbons (Fsp3) is 0.538. The molecule has 0 aliphatic rings. The van der Waals surface area contributed by atoms with Crippen LogP contribution in [0.5, 0.6) is 0 Å². The smallest absolute Gasteiger partial charge is 0.305 e. The highest BCUT2D eigenvalue weighted by Crippen LogP contribution is 2.30. The number of carbonyl (C=O) groups is 1. The zero-order valence-electron chi connectivity index (χ0n) is 12.2. The predicted octanol–water partition coefficient (Wildman–Crippen LogP) is 2.62. The van der Waals surface area contributed by atoms with E-state index in [2.05, 4.69) is 9.71 Å². The molecule has 0 bridgehead atoms. The van der Waals surface area contributed by atoms with Gasteiger partial charge < -0.3 is 9.66 Å². The summed E-state index contributed by atoms with van der Waals surface area (Å²) in [5.74, 6) is -1.88. The first-order valence-electron chi connectivity index (χ1n) is 6.20. The van der Waals surface area contributed by atoms with Crippen molar-refractivity contribution in [3.8, 4) is 0 Å². The third-order valence-electron chi connectivity index (χ3n) is 2.71. The van der Waals surface area contributed by atoms with Crippen molar-refractivity contribution in [3.05, 3.63) is 28.8 Å². The molecular weight excluding hydrogens is 319 g/mol. The van der Waals surface area contributed by atoms with E-state index in [1.807, 2.05) is 0 Å². The van der Waals surface area contributed by atoms with Crippen LogP contribution in [-0.2, 0) is 21.7 Å². The Hall–Kier alpha value is -0.890. The molecule has 0 aliphatic carbocycles. The molecule has 1 aromatic rings. The molecule has 0 saturated carbocycles. The van der Waals surface area contributed by atoms with E-state index in [9.17, 15) is 13.7 Å². The minimum absolute atomic E-state index is 0.0337. The van der Waals surface area contributed by atoms with Gasteiger partial charge in [0.15, 0.2) is 0 Å². The van der Waals surface area contributed by atoms with Crippen LogP contribution in [0.2, 0.25) is 5.15 Å². The lowest BCUT2D eigenvalue weighted by molar-refractivity contribution is -0.138. The fourth-order valence-electron chi connectivity index (χ4n) is 1.63. The van der Waals surface area contributed by atoms with E-state index in [4.69, 9.17) is 16.7 Å². The molecule has 5 nitrogen and oxygen atoms in total. The molecule has 1 rings (SSSR count). The Balaban J connectivity index is 3.26. The van der Waals surface area contributed by atoms with E-state index in [0.717, 1.165) is 6.07 Å². The monoisotopic (exact) mass is 336 g/mol. The molecule has 0 aliphatic heterocycles. The fourth-order valence-corrected chi connectivity index (χ4v) is 2.67. The number of nitrogens with zero attached hydrogens (tertiary/aromatic N) is 1. The van der Waals surface area contributed by atoms with Gasteiger partial charge in [0.05, 0.1) is 6.42 Å². The Morgan fingerprint density at radius 3 is 2.52 bits per heavy atom. The summed E-state index contributed by atoms with van der Waals surface area (Å²) in [5, 5.41) is 9.10. The van der Waals surface area contributed by atoms with Crippen LogP contribution in [0.15, 0.2) is 12.1 Å². The number of carboxylic acid groups (broad SMARTS) is 1. The molecule has 0 saturated heterocycles. The molecule has 1 aromatic heterocycles. The number of carboxylic acids is 1. The number of halogens is 2. The Morgan fingerprint density at radius 2 is 2.05 bits per heavy atom. The number of aromatic nitrogens is 1. The average Bonchev–Trinajstić information content (AvgIpc) is 2.29. The normalized spacial score (nSPS) is 16.3. The van der Waals surface area contributed by atoms with Gasteiger partial charge in [-0.2, -0.15) is 0 Å². The molecule has 2 atom stereocenters. The Morgan fingerprint density at radius 1 is 1.48 bits per heavy atom. The lowest BCUT2D eigenvalue weighted by Crippen LogP contribution is -2.51. The lowest BCUT2D eigenvalue weighted by Gasteiger charge is -2.33. The van der Waals surface area contributed by atoms with Crippen LogP contribution in [0.25, 0.3) is 0 Å². The summed E-state index contributed by atoms with van der Waals surface area (Å²) in [6.07, 6.45) is -0.487. The first-order valence-corrected chi connectivity index (χ1v) is 7.72. The highest BCUT2D eigenvalue weighted by molar-refractivity contribution is 7.90. The van der Waals surface area contributed by atoms with Gasteiger partial charge in [0.2, 0.25) is 0 Å². The number of rotatable bonds is 5. The highest BCUT2D eigenvalue weighted by atomic mass is 35.5. The van der Waals surface area contributed by atoms with Crippen LogP contribution in [0, 0.1) is 5.82 Å². The van der Waals surface area contributed by atoms with Crippen LogP contribution in [0.1, 0.15) is 39.8 Å². The van der Waals surface area contributed by atoms with E-state index >= 15 is 0 Å². The molecule has 0 fully saturated rings. The van der Waals surface area contributed by atoms with Gasteiger partial charge >= 0.3 is 5.97 Å². The van der Waals surface area contributed by atoms with Crippen LogP contribution in [0.4, 0.5) is 4.39 Å². The SMILES string of the molecule is CC(CC(=O)O)(N[S@+]([O-])C(C)(C)C)c1nc(Cl)ccc1F. The topological polar surface area (TPSA) is 85.3 Å². The standard InChI is InChI=1S/C13H18ClFN2O3S/c1-12(2,3)21(20)17-13(4,7-10(18)19)11-8(15)5-6-9(14)16-11/h5-6,17H,7H2,1-4H3,(H,18,19)/t13?,21-/m1/s1. The van der Waals surface area contributed by atoms with Crippen molar-refractivity contribution < 1.29 is 18.8 Å². The van der Waals surface area contributed by atoms with Gasteiger partial charge in [0.25, 0.3) is 0 Å². The van der Waals surface area contributed by atoms with Gasteiger partial charge in [-0.3, -0.25) is 4.79 Å². The molecule has 0 radical (unpaired) electrons. The Bertz CT molecular complexity index is 539. The first-order chi connectivity index (χ1) is 9.45. The summed E-state index contributed by atoms with van der Waals surface area (Å²) in [7, 11) is 0. The third-order valence-corrected chi connectivity index (χ3v) is 4.67. The second-order valence-electron chi connectivity index (χ2n) is 5.85. The van der Waals surface area contributed by atoms with E-state index in [0.29, 0.717) is 0 Å². The molecule has 0 spiro atoms. The third kappa shape index (κ3) is 4.81. The van der Waals surface area contributed by atoms with E-state index in [1.54, 1.807) is 20.8 Å². The quantitative estimate of drug-likeness (QED) is 0.637. The molecule has 118 valence electrons. The molecule has 0 amide bonds. The van der Waals surface area contributed by atoms with Gasteiger partial charge in [0.1, 0.15) is 27.0 Å². The van der Waals surface area contributed by atoms with Crippen molar-refractivity contribution in [2.24, 2.45) is 0 Å². The second-order valence-corrected chi connectivity index (χ2v) is 8.20. The summed E-state index contributed by atoms with van der Waals surface area (Å²) in [5.41, 5.74) is -1.62. The molecule has 2 N–H and O–H groups in total. The van der Waals surface area contributed by atoms with Gasteiger partial charge in [0, 0.05) is 11.4 Å². The second kappa shape index (κ2) is 6.48. The van der Waals surface area contributed by atoms with Crippen molar-refractivity contribution in [1.29, 1.82) is 0 Å². The van der Waals surface area contributed by atoms with Crippen molar-refractivity contribution >= 4 is 28.9 Å². The van der Waals surface area contributed by atoms with Crippen molar-refractivity contribution in [3.63, 3.8) is 0 Å². The van der Waals surface area contributed by atoms with Gasteiger partial charge in [-0.25, -0.2) is 9.37 Å². The maximum Gasteiger partial charge on any atom is 0.305 e. The highest BCUT2D eigenvalue weighted by Gasteiger charge is 2.41. The predicted molar refractivity (Wildman–Crippen MR) is 79.8 cm³/mol. The summed E-state index contributed by atoms with van der Waals surface area (Å²) in [4.78, 5) is 15.0. The Kier molecular flexibility index (Phi) is 5.60. The minimum Gasteiger partial charge on any atom is -0.598 e. The number of nitrogens with one attached hydrogen (secondary N) is 1. The van der Waals surface area contributed by atoms with Crippen LogP contribution in [0.3, 0.4) is 0 Å². The van der Waals surface area contributed by atoms with Crippen LogP contribution < -0.4 is 4.72 Å².